The van der Waals surface area contributed by atoms with Crippen LogP contribution >= 0.6 is 0 Å². The standard InChI is InChI=1S/C9H15NO/c1-5-6-7-8(11)10(4)9(7,2)3/h5,7H,1,6H2,2-4H3. The summed E-state index contributed by atoms with van der Waals surface area (Å²) in [7, 11) is 1.85. The monoisotopic (exact) mass is 153 g/mol. The highest BCUT2D eigenvalue weighted by Gasteiger charge is 2.50. The van der Waals surface area contributed by atoms with Crippen molar-refractivity contribution < 1.29 is 4.79 Å². The number of likely N-dealkylation sites (tertiary alicyclic amines) is 1. The molecule has 1 rings (SSSR count). The molecule has 2 heteroatoms. The fraction of sp³-hybridized carbons (Fsp3) is 0.667. The van der Waals surface area contributed by atoms with E-state index in [1.54, 1.807) is 4.90 Å². The number of allylic oxidation sites excluding steroid dienone is 1. The Hall–Kier alpha value is -0.790. The third-order valence-electron chi connectivity index (χ3n) is 2.75. The molecular formula is C9H15NO. The van der Waals surface area contributed by atoms with E-state index < -0.39 is 0 Å². The zero-order chi connectivity index (χ0) is 8.65. The molecule has 1 atom stereocenters. The number of carbonyl (C=O) groups is 1. The van der Waals surface area contributed by atoms with Gasteiger partial charge in [-0.3, -0.25) is 4.79 Å². The molecule has 1 amide bonds. The van der Waals surface area contributed by atoms with Crippen LogP contribution in [0, 0.1) is 5.92 Å². The minimum atomic E-state index is 0.0330. The first-order chi connectivity index (χ1) is 5.01. The predicted molar refractivity (Wildman–Crippen MR) is 45.2 cm³/mol. The Labute approximate surface area is 67.9 Å². The number of rotatable bonds is 2. The van der Waals surface area contributed by atoms with Gasteiger partial charge in [0, 0.05) is 12.6 Å². The highest BCUT2D eigenvalue weighted by Crippen LogP contribution is 2.37. The van der Waals surface area contributed by atoms with Crippen molar-refractivity contribution >= 4 is 5.91 Å². The van der Waals surface area contributed by atoms with Crippen molar-refractivity contribution in [3.63, 3.8) is 0 Å². The summed E-state index contributed by atoms with van der Waals surface area (Å²) >= 11 is 0. The second-order valence-electron chi connectivity index (χ2n) is 3.63. The molecule has 11 heavy (non-hydrogen) atoms. The lowest BCUT2D eigenvalue weighted by atomic mass is 9.75. The molecular weight excluding hydrogens is 138 g/mol. The number of carbonyl (C=O) groups excluding carboxylic acids is 1. The minimum absolute atomic E-state index is 0.0330. The summed E-state index contributed by atoms with van der Waals surface area (Å²) < 4.78 is 0. The average molecular weight is 153 g/mol. The molecule has 1 heterocycles. The number of β-lactam (4-membered cyclic amide) rings is 1. The van der Waals surface area contributed by atoms with Crippen LogP contribution in [0.1, 0.15) is 20.3 Å². The van der Waals surface area contributed by atoms with Crippen molar-refractivity contribution in [3.8, 4) is 0 Å². The van der Waals surface area contributed by atoms with Crippen molar-refractivity contribution in [1.82, 2.24) is 4.90 Å². The first-order valence-corrected chi connectivity index (χ1v) is 3.90. The SMILES string of the molecule is C=CCC1C(=O)N(C)C1(C)C. The van der Waals surface area contributed by atoms with E-state index in [0.717, 1.165) is 6.42 Å². The zero-order valence-electron chi connectivity index (χ0n) is 7.42. The number of amides is 1. The van der Waals surface area contributed by atoms with Gasteiger partial charge in [-0.25, -0.2) is 0 Å². The number of hydrogen-bond acceptors (Lipinski definition) is 1. The molecule has 1 fully saturated rings. The van der Waals surface area contributed by atoms with E-state index >= 15 is 0 Å². The molecule has 0 aromatic heterocycles. The first kappa shape index (κ1) is 8.31. The van der Waals surface area contributed by atoms with E-state index in [-0.39, 0.29) is 17.4 Å². The second-order valence-corrected chi connectivity index (χ2v) is 3.63. The second kappa shape index (κ2) is 2.36. The molecule has 0 saturated carbocycles. The Balaban J connectivity index is 2.68. The van der Waals surface area contributed by atoms with Gasteiger partial charge in [-0.2, -0.15) is 0 Å². The molecule has 1 aliphatic rings. The average Bonchev–Trinajstić information content (AvgIpc) is 1.98. The van der Waals surface area contributed by atoms with E-state index in [2.05, 4.69) is 20.4 Å². The lowest BCUT2D eigenvalue weighted by Crippen LogP contribution is -2.65. The molecule has 1 aliphatic heterocycles. The lowest BCUT2D eigenvalue weighted by Gasteiger charge is -2.52. The maximum atomic E-state index is 11.2. The summed E-state index contributed by atoms with van der Waals surface area (Å²) in [6, 6.07) is 0. The molecule has 1 saturated heterocycles. The van der Waals surface area contributed by atoms with Crippen molar-refractivity contribution in [2.24, 2.45) is 5.92 Å². The van der Waals surface area contributed by atoms with Crippen LogP contribution in [0.3, 0.4) is 0 Å². The molecule has 62 valence electrons. The van der Waals surface area contributed by atoms with Gasteiger partial charge in [0.05, 0.1) is 5.92 Å². The van der Waals surface area contributed by atoms with Gasteiger partial charge in [0.1, 0.15) is 0 Å². The van der Waals surface area contributed by atoms with Crippen molar-refractivity contribution in [2.75, 3.05) is 7.05 Å². The molecule has 0 aromatic rings. The van der Waals surface area contributed by atoms with Gasteiger partial charge in [-0.15, -0.1) is 6.58 Å². The molecule has 0 bridgehead atoms. The van der Waals surface area contributed by atoms with Crippen LogP contribution in [-0.2, 0) is 4.79 Å². The first-order valence-electron chi connectivity index (χ1n) is 3.90. The summed E-state index contributed by atoms with van der Waals surface area (Å²) in [6.45, 7) is 7.81. The highest BCUT2D eigenvalue weighted by molar-refractivity contribution is 5.87. The van der Waals surface area contributed by atoms with Gasteiger partial charge in [0.2, 0.25) is 5.91 Å². The van der Waals surface area contributed by atoms with Crippen molar-refractivity contribution in [1.29, 1.82) is 0 Å². The smallest absolute Gasteiger partial charge is 0.228 e. The lowest BCUT2D eigenvalue weighted by molar-refractivity contribution is -0.162. The Kier molecular flexibility index (Phi) is 1.78. The van der Waals surface area contributed by atoms with Gasteiger partial charge in [-0.05, 0) is 20.3 Å². The fourth-order valence-corrected chi connectivity index (χ4v) is 1.54. The molecule has 0 aromatic carbocycles. The van der Waals surface area contributed by atoms with E-state index in [0.29, 0.717) is 0 Å². The summed E-state index contributed by atoms with van der Waals surface area (Å²) in [5, 5.41) is 0. The summed E-state index contributed by atoms with van der Waals surface area (Å²) in [4.78, 5) is 13.0. The Morgan fingerprint density at radius 1 is 1.73 bits per heavy atom. The van der Waals surface area contributed by atoms with E-state index in [9.17, 15) is 4.79 Å². The Morgan fingerprint density at radius 2 is 2.27 bits per heavy atom. The summed E-state index contributed by atoms with van der Waals surface area (Å²) in [5.41, 5.74) is 0.0330. The molecule has 0 N–H and O–H groups in total. The van der Waals surface area contributed by atoms with Crippen LogP contribution in [0.5, 0.6) is 0 Å². The highest BCUT2D eigenvalue weighted by atomic mass is 16.2. The van der Waals surface area contributed by atoms with Gasteiger partial charge >= 0.3 is 0 Å². The number of hydrogen-bond donors (Lipinski definition) is 0. The zero-order valence-corrected chi connectivity index (χ0v) is 7.42. The van der Waals surface area contributed by atoms with Crippen molar-refractivity contribution in [3.05, 3.63) is 12.7 Å². The third-order valence-corrected chi connectivity index (χ3v) is 2.75. The molecule has 0 radical (unpaired) electrons. The fourth-order valence-electron chi connectivity index (χ4n) is 1.54. The van der Waals surface area contributed by atoms with Crippen molar-refractivity contribution in [2.45, 2.75) is 25.8 Å². The summed E-state index contributed by atoms with van der Waals surface area (Å²) in [6.07, 6.45) is 2.62. The minimum Gasteiger partial charge on any atom is -0.340 e. The van der Waals surface area contributed by atoms with Gasteiger partial charge in [-0.1, -0.05) is 6.08 Å². The predicted octanol–water partition coefficient (Wildman–Crippen LogP) is 1.43. The maximum Gasteiger partial charge on any atom is 0.228 e. The van der Waals surface area contributed by atoms with Gasteiger partial charge < -0.3 is 4.90 Å². The molecule has 0 aliphatic carbocycles. The Bertz CT molecular complexity index is 196. The van der Waals surface area contributed by atoms with Gasteiger partial charge in [0.15, 0.2) is 0 Å². The molecule has 0 spiro atoms. The third kappa shape index (κ3) is 0.971. The Morgan fingerprint density at radius 3 is 2.64 bits per heavy atom. The maximum absolute atomic E-state index is 11.2. The molecule has 1 unspecified atom stereocenters. The van der Waals surface area contributed by atoms with E-state index in [4.69, 9.17) is 0 Å². The normalized spacial score (nSPS) is 28.1. The van der Waals surface area contributed by atoms with Crippen LogP contribution in [0.25, 0.3) is 0 Å². The number of nitrogens with zero attached hydrogens (tertiary/aromatic N) is 1. The van der Waals surface area contributed by atoms with E-state index in [1.165, 1.54) is 0 Å². The summed E-state index contributed by atoms with van der Waals surface area (Å²) in [5.74, 6) is 0.403. The largest absolute Gasteiger partial charge is 0.340 e. The quantitative estimate of drug-likeness (QED) is 0.434. The van der Waals surface area contributed by atoms with E-state index in [1.807, 2.05) is 13.1 Å². The van der Waals surface area contributed by atoms with Gasteiger partial charge in [0.25, 0.3) is 0 Å². The van der Waals surface area contributed by atoms with Crippen LogP contribution in [-0.4, -0.2) is 23.4 Å². The molecule has 2 nitrogen and oxygen atoms in total. The van der Waals surface area contributed by atoms with Crippen LogP contribution in [0.2, 0.25) is 0 Å². The topological polar surface area (TPSA) is 20.3 Å². The van der Waals surface area contributed by atoms with Crippen LogP contribution in [0.4, 0.5) is 0 Å². The van der Waals surface area contributed by atoms with Crippen LogP contribution < -0.4 is 0 Å². The van der Waals surface area contributed by atoms with Crippen LogP contribution in [0.15, 0.2) is 12.7 Å².